The molecule has 0 aliphatic heterocycles. The van der Waals surface area contributed by atoms with Gasteiger partial charge in [0.25, 0.3) is 0 Å². The van der Waals surface area contributed by atoms with Crippen LogP contribution in [0.3, 0.4) is 0 Å². The van der Waals surface area contributed by atoms with E-state index in [0.29, 0.717) is 17.0 Å². The van der Waals surface area contributed by atoms with Gasteiger partial charge >= 0.3 is 5.97 Å². The van der Waals surface area contributed by atoms with E-state index in [4.69, 9.17) is 9.63 Å². The third kappa shape index (κ3) is 1.85. The topological polar surface area (TPSA) is 76.2 Å². The summed E-state index contributed by atoms with van der Waals surface area (Å²) >= 11 is 0. The van der Waals surface area contributed by atoms with Gasteiger partial charge in [-0.15, -0.1) is 0 Å². The predicted octanol–water partition coefficient (Wildman–Crippen LogP) is 2.97. The summed E-state index contributed by atoms with van der Waals surface area (Å²) in [4.78, 5) is 15.4. The van der Waals surface area contributed by atoms with Crippen molar-refractivity contribution in [2.24, 2.45) is 0 Å². The van der Waals surface area contributed by atoms with Crippen molar-refractivity contribution < 1.29 is 14.4 Å². The molecule has 2 aromatic heterocycles. The lowest BCUT2D eigenvalue weighted by Gasteiger charge is -2.20. The Kier molecular flexibility index (Phi) is 2.74. The molecule has 5 nitrogen and oxygen atoms in total. The molecular weight excluding hydrogens is 232 g/mol. The zero-order valence-electron chi connectivity index (χ0n) is 9.93. The van der Waals surface area contributed by atoms with Crippen LogP contribution < -0.4 is 0 Å². The van der Waals surface area contributed by atoms with Crippen LogP contribution in [0.15, 0.2) is 16.7 Å². The molecule has 0 saturated heterocycles. The van der Waals surface area contributed by atoms with Crippen LogP contribution in [0.5, 0.6) is 0 Å². The number of carboxylic acids is 1. The zero-order chi connectivity index (χ0) is 12.5. The van der Waals surface area contributed by atoms with Crippen LogP contribution in [-0.4, -0.2) is 21.2 Å². The lowest BCUT2D eigenvalue weighted by atomic mass is 9.86. The maximum atomic E-state index is 11.0. The second kappa shape index (κ2) is 4.40. The Morgan fingerprint density at radius 2 is 2.06 bits per heavy atom. The van der Waals surface area contributed by atoms with E-state index < -0.39 is 5.97 Å². The molecule has 0 radical (unpaired) electrons. The Hall–Kier alpha value is -1.91. The van der Waals surface area contributed by atoms with Crippen LogP contribution in [0.25, 0.3) is 11.1 Å². The number of carbonyl (C=O) groups is 1. The summed E-state index contributed by atoms with van der Waals surface area (Å²) in [5, 5.41) is 12.6. The van der Waals surface area contributed by atoms with Crippen molar-refractivity contribution >= 4 is 17.1 Å². The Bertz CT molecular complexity index is 585. The van der Waals surface area contributed by atoms with Gasteiger partial charge in [-0.2, -0.15) is 0 Å². The van der Waals surface area contributed by atoms with Crippen LogP contribution in [-0.2, 0) is 0 Å². The van der Waals surface area contributed by atoms with E-state index in [1.807, 2.05) is 6.07 Å². The Morgan fingerprint density at radius 1 is 1.28 bits per heavy atom. The Labute approximate surface area is 104 Å². The van der Waals surface area contributed by atoms with Crippen LogP contribution in [0, 0.1) is 0 Å². The summed E-state index contributed by atoms with van der Waals surface area (Å²) in [6.07, 6.45) is 5.99. The lowest BCUT2D eigenvalue weighted by molar-refractivity contribution is 0.0687. The van der Waals surface area contributed by atoms with Crippen LogP contribution >= 0.6 is 0 Å². The average Bonchev–Trinajstić information content (AvgIpc) is 2.82. The Morgan fingerprint density at radius 3 is 2.78 bits per heavy atom. The van der Waals surface area contributed by atoms with Crippen molar-refractivity contribution in [1.29, 1.82) is 0 Å². The van der Waals surface area contributed by atoms with E-state index in [1.165, 1.54) is 19.3 Å². The van der Waals surface area contributed by atoms with E-state index >= 15 is 0 Å². The van der Waals surface area contributed by atoms with Gasteiger partial charge in [-0.3, -0.25) is 0 Å². The van der Waals surface area contributed by atoms with Gasteiger partial charge in [0.15, 0.2) is 5.58 Å². The molecule has 18 heavy (non-hydrogen) atoms. The quantitative estimate of drug-likeness (QED) is 0.881. The molecule has 1 fully saturated rings. The molecule has 2 heterocycles. The first-order valence-electron chi connectivity index (χ1n) is 6.25. The predicted molar refractivity (Wildman–Crippen MR) is 64.6 cm³/mol. The van der Waals surface area contributed by atoms with Crippen molar-refractivity contribution in [3.8, 4) is 0 Å². The fraction of sp³-hybridized carbons (Fsp3) is 0.462. The molecular formula is C13H14N2O3. The number of hydrogen-bond acceptors (Lipinski definition) is 4. The van der Waals surface area contributed by atoms with Crippen molar-refractivity contribution in [2.45, 2.75) is 38.0 Å². The molecule has 5 heteroatoms. The first kappa shape index (κ1) is 11.2. The van der Waals surface area contributed by atoms with E-state index in [9.17, 15) is 4.79 Å². The SMILES string of the molecule is O=C(O)c1noc2ccc(C3CCCCC3)nc12. The summed E-state index contributed by atoms with van der Waals surface area (Å²) in [5.74, 6) is -0.651. The molecule has 2 aromatic rings. The minimum Gasteiger partial charge on any atom is -0.476 e. The van der Waals surface area contributed by atoms with E-state index in [1.54, 1.807) is 6.07 Å². The first-order valence-corrected chi connectivity index (χ1v) is 6.25. The number of pyridine rings is 1. The number of carboxylic acid groups (broad SMARTS) is 1. The normalized spacial score (nSPS) is 17.1. The van der Waals surface area contributed by atoms with Gasteiger partial charge in [0.1, 0.15) is 5.52 Å². The maximum Gasteiger partial charge on any atom is 0.360 e. The number of aromatic nitrogens is 2. The first-order chi connectivity index (χ1) is 8.75. The molecule has 0 aromatic carbocycles. The lowest BCUT2D eigenvalue weighted by Crippen LogP contribution is -2.07. The molecule has 1 aliphatic rings. The number of nitrogens with zero attached hydrogens (tertiary/aromatic N) is 2. The molecule has 3 rings (SSSR count). The van der Waals surface area contributed by atoms with Crippen LogP contribution in [0.2, 0.25) is 0 Å². The molecule has 0 bridgehead atoms. The van der Waals surface area contributed by atoms with Crippen molar-refractivity contribution in [2.75, 3.05) is 0 Å². The van der Waals surface area contributed by atoms with E-state index in [-0.39, 0.29) is 5.69 Å². The van der Waals surface area contributed by atoms with E-state index in [2.05, 4.69) is 10.1 Å². The average molecular weight is 246 g/mol. The molecule has 1 saturated carbocycles. The fourth-order valence-electron chi connectivity index (χ4n) is 2.61. The van der Waals surface area contributed by atoms with Gasteiger partial charge in [0.05, 0.1) is 0 Å². The zero-order valence-corrected chi connectivity index (χ0v) is 9.93. The third-order valence-corrected chi connectivity index (χ3v) is 3.57. The molecule has 1 N–H and O–H groups in total. The van der Waals surface area contributed by atoms with Gasteiger partial charge in [-0.25, -0.2) is 9.78 Å². The van der Waals surface area contributed by atoms with Gasteiger partial charge in [0.2, 0.25) is 5.69 Å². The van der Waals surface area contributed by atoms with E-state index in [0.717, 1.165) is 18.5 Å². The number of hydrogen-bond donors (Lipinski definition) is 1. The molecule has 0 atom stereocenters. The van der Waals surface area contributed by atoms with Gasteiger partial charge in [-0.05, 0) is 25.0 Å². The summed E-state index contributed by atoms with van der Waals surface area (Å²) in [6, 6.07) is 3.70. The van der Waals surface area contributed by atoms with Crippen LogP contribution in [0.1, 0.15) is 54.2 Å². The number of aromatic carboxylic acids is 1. The second-order valence-corrected chi connectivity index (χ2v) is 4.75. The standard InChI is InChI=1S/C13H14N2O3/c16-13(17)12-11-10(18-15-12)7-6-9(14-11)8-4-2-1-3-5-8/h6-8H,1-5H2,(H,16,17). The summed E-state index contributed by atoms with van der Waals surface area (Å²) in [5.41, 5.74) is 1.67. The van der Waals surface area contributed by atoms with Crippen molar-refractivity contribution in [1.82, 2.24) is 10.1 Å². The molecule has 1 aliphatic carbocycles. The highest BCUT2D eigenvalue weighted by Gasteiger charge is 2.21. The second-order valence-electron chi connectivity index (χ2n) is 4.75. The fourth-order valence-corrected chi connectivity index (χ4v) is 2.61. The Balaban J connectivity index is 2.03. The highest BCUT2D eigenvalue weighted by Crippen LogP contribution is 2.32. The highest BCUT2D eigenvalue weighted by atomic mass is 16.5. The summed E-state index contributed by atoms with van der Waals surface area (Å²) in [6.45, 7) is 0. The minimum atomic E-state index is -1.10. The maximum absolute atomic E-state index is 11.0. The molecule has 0 unspecified atom stereocenters. The molecule has 0 spiro atoms. The number of fused-ring (bicyclic) bond motifs is 1. The smallest absolute Gasteiger partial charge is 0.360 e. The summed E-state index contributed by atoms with van der Waals surface area (Å²) < 4.78 is 4.96. The van der Waals surface area contributed by atoms with Gasteiger partial charge < -0.3 is 9.63 Å². The van der Waals surface area contributed by atoms with Crippen LogP contribution in [0.4, 0.5) is 0 Å². The largest absolute Gasteiger partial charge is 0.476 e. The molecule has 0 amide bonds. The number of rotatable bonds is 2. The monoisotopic (exact) mass is 246 g/mol. The van der Waals surface area contributed by atoms with Crippen molar-refractivity contribution in [3.05, 3.63) is 23.5 Å². The van der Waals surface area contributed by atoms with Gasteiger partial charge in [0, 0.05) is 11.6 Å². The highest BCUT2D eigenvalue weighted by molar-refractivity contribution is 5.98. The molecule has 94 valence electrons. The van der Waals surface area contributed by atoms with Crippen molar-refractivity contribution in [3.63, 3.8) is 0 Å². The van der Waals surface area contributed by atoms with Gasteiger partial charge in [-0.1, -0.05) is 24.4 Å². The summed E-state index contributed by atoms with van der Waals surface area (Å²) in [7, 11) is 0. The third-order valence-electron chi connectivity index (χ3n) is 3.57. The minimum absolute atomic E-state index is 0.0948.